The molecule has 0 unspecified atom stereocenters. The van der Waals surface area contributed by atoms with Crippen molar-refractivity contribution in [2.75, 3.05) is 6.54 Å². The number of amides is 1. The lowest BCUT2D eigenvalue weighted by atomic mass is 10.1. The van der Waals surface area contributed by atoms with Crippen LogP contribution in [-0.2, 0) is 0 Å². The highest BCUT2D eigenvalue weighted by molar-refractivity contribution is 7.80. The lowest BCUT2D eigenvalue weighted by Crippen LogP contribution is -2.47. The summed E-state index contributed by atoms with van der Waals surface area (Å²) in [6, 6.07) is 2.88. The molecule has 0 heterocycles. The van der Waals surface area contributed by atoms with Gasteiger partial charge in [0.25, 0.3) is 5.91 Å². The van der Waals surface area contributed by atoms with Crippen molar-refractivity contribution in [1.29, 1.82) is 0 Å². The number of hydrogen-bond acceptors (Lipinski definition) is 4. The van der Waals surface area contributed by atoms with E-state index in [-0.39, 0.29) is 10.7 Å². The summed E-state index contributed by atoms with van der Waals surface area (Å²) in [6.45, 7) is 4.80. The van der Waals surface area contributed by atoms with E-state index < -0.39 is 22.3 Å². The van der Waals surface area contributed by atoms with Crippen molar-refractivity contribution in [1.82, 2.24) is 16.2 Å². The zero-order chi connectivity index (χ0) is 16.7. The Kier molecular flexibility index (Phi) is 6.64. The second-order valence-electron chi connectivity index (χ2n) is 4.94. The fourth-order valence-electron chi connectivity index (χ4n) is 1.50. The molecule has 0 bridgehead atoms. The Morgan fingerprint density at radius 2 is 2.09 bits per heavy atom. The average molecular weight is 328 g/mol. The summed E-state index contributed by atoms with van der Waals surface area (Å²) in [5.74, 6) is -1.14. The number of hydrazine groups is 1. The predicted octanol–water partition coefficient (Wildman–Crippen LogP) is 1.89. The van der Waals surface area contributed by atoms with E-state index in [1.165, 1.54) is 0 Å². The van der Waals surface area contributed by atoms with Crippen molar-refractivity contribution in [3.8, 4) is 0 Å². The van der Waals surface area contributed by atoms with Gasteiger partial charge in [0, 0.05) is 18.2 Å². The molecule has 0 saturated carbocycles. The van der Waals surface area contributed by atoms with E-state index >= 15 is 0 Å². The van der Waals surface area contributed by atoms with Gasteiger partial charge in [-0.3, -0.25) is 25.8 Å². The van der Waals surface area contributed by atoms with Crippen LogP contribution in [0.15, 0.2) is 18.2 Å². The minimum Gasteiger partial charge on any atom is -0.361 e. The van der Waals surface area contributed by atoms with Crippen LogP contribution in [-0.4, -0.2) is 22.5 Å². The predicted molar refractivity (Wildman–Crippen MR) is 83.7 cm³/mol. The molecule has 0 atom stereocenters. The molecule has 3 N–H and O–H groups in total. The maximum atomic E-state index is 13.2. The largest absolute Gasteiger partial charge is 0.361 e. The third-order valence-electron chi connectivity index (χ3n) is 2.70. The SMILES string of the molecule is CC(C)CCNC(=S)NNC(=O)c1ccc(F)c([N+](=O)[O-])c1. The molecule has 0 spiro atoms. The Morgan fingerprint density at radius 1 is 1.41 bits per heavy atom. The van der Waals surface area contributed by atoms with E-state index in [2.05, 4.69) is 30.0 Å². The van der Waals surface area contributed by atoms with Crippen molar-refractivity contribution < 1.29 is 14.1 Å². The van der Waals surface area contributed by atoms with Gasteiger partial charge in [0.05, 0.1) is 4.92 Å². The summed E-state index contributed by atoms with van der Waals surface area (Å²) in [4.78, 5) is 21.5. The number of nitrogens with zero attached hydrogens (tertiary/aromatic N) is 1. The number of nitro benzene ring substituents is 1. The summed E-state index contributed by atoms with van der Waals surface area (Å²) < 4.78 is 13.2. The van der Waals surface area contributed by atoms with Gasteiger partial charge in [0.15, 0.2) is 5.11 Å². The number of carbonyl (C=O) groups excluding carboxylic acids is 1. The average Bonchev–Trinajstić information content (AvgIpc) is 2.44. The standard InChI is InChI=1S/C13H17FN4O3S/c1-8(2)5-6-15-13(22)17-16-12(19)9-3-4-10(14)11(7-9)18(20)21/h3-4,7-8H,5-6H2,1-2H3,(H,16,19)(H2,15,17,22). The van der Waals surface area contributed by atoms with E-state index in [0.29, 0.717) is 12.5 Å². The minimum atomic E-state index is -1.000. The molecular weight excluding hydrogens is 311 g/mol. The van der Waals surface area contributed by atoms with Crippen LogP contribution in [0.5, 0.6) is 0 Å². The molecule has 0 saturated heterocycles. The normalized spacial score (nSPS) is 10.2. The molecule has 0 aromatic heterocycles. The van der Waals surface area contributed by atoms with Crippen molar-refractivity contribution >= 4 is 28.9 Å². The van der Waals surface area contributed by atoms with Crippen LogP contribution in [0.2, 0.25) is 0 Å². The molecule has 0 radical (unpaired) electrons. The first-order chi connectivity index (χ1) is 10.3. The molecule has 9 heteroatoms. The van der Waals surface area contributed by atoms with Crippen LogP contribution in [0.25, 0.3) is 0 Å². The molecule has 1 rings (SSSR count). The summed E-state index contributed by atoms with van der Waals surface area (Å²) in [5.41, 5.74) is 3.95. The van der Waals surface area contributed by atoms with Crippen molar-refractivity contribution in [3.05, 3.63) is 39.7 Å². The first-order valence-corrected chi connectivity index (χ1v) is 7.00. The third kappa shape index (κ3) is 5.60. The maximum absolute atomic E-state index is 13.2. The number of nitro groups is 1. The molecule has 22 heavy (non-hydrogen) atoms. The van der Waals surface area contributed by atoms with Gasteiger partial charge in [-0.2, -0.15) is 4.39 Å². The topological polar surface area (TPSA) is 96.3 Å². The number of carbonyl (C=O) groups is 1. The number of halogens is 1. The van der Waals surface area contributed by atoms with Crippen LogP contribution in [0.1, 0.15) is 30.6 Å². The first-order valence-electron chi connectivity index (χ1n) is 6.59. The third-order valence-corrected chi connectivity index (χ3v) is 2.95. The molecule has 1 aromatic rings. The van der Waals surface area contributed by atoms with Crippen molar-refractivity contribution in [2.45, 2.75) is 20.3 Å². The first kappa shape index (κ1) is 17.8. The molecule has 0 aliphatic heterocycles. The highest BCUT2D eigenvalue weighted by Gasteiger charge is 2.17. The van der Waals surface area contributed by atoms with E-state index in [9.17, 15) is 19.3 Å². The highest BCUT2D eigenvalue weighted by Crippen LogP contribution is 2.18. The molecule has 0 aliphatic carbocycles. The van der Waals surface area contributed by atoms with Crippen molar-refractivity contribution in [3.63, 3.8) is 0 Å². The number of hydrogen-bond donors (Lipinski definition) is 3. The summed E-state index contributed by atoms with van der Waals surface area (Å²) in [5, 5.41) is 13.7. The zero-order valence-electron chi connectivity index (χ0n) is 12.2. The minimum absolute atomic E-state index is 0.0504. The molecule has 120 valence electrons. The number of thiocarbonyl (C=S) groups is 1. The van der Waals surface area contributed by atoms with Gasteiger partial charge in [-0.05, 0) is 36.7 Å². The molecule has 0 aliphatic rings. The monoisotopic (exact) mass is 328 g/mol. The summed E-state index contributed by atoms with van der Waals surface area (Å²) in [6.07, 6.45) is 0.917. The Labute approximate surface area is 132 Å². The van der Waals surface area contributed by atoms with Gasteiger partial charge in [0.1, 0.15) is 0 Å². The Morgan fingerprint density at radius 3 is 2.68 bits per heavy atom. The van der Waals surface area contributed by atoms with E-state index in [0.717, 1.165) is 24.6 Å². The van der Waals surface area contributed by atoms with E-state index in [4.69, 9.17) is 12.2 Å². The molecular formula is C13H17FN4O3S. The molecule has 1 amide bonds. The lowest BCUT2D eigenvalue weighted by Gasteiger charge is -2.12. The zero-order valence-corrected chi connectivity index (χ0v) is 13.0. The van der Waals surface area contributed by atoms with Gasteiger partial charge in [0.2, 0.25) is 5.82 Å². The van der Waals surface area contributed by atoms with Gasteiger partial charge in [-0.25, -0.2) is 0 Å². The fourth-order valence-corrected chi connectivity index (χ4v) is 1.65. The smallest absolute Gasteiger partial charge is 0.305 e. The van der Waals surface area contributed by atoms with Crippen LogP contribution >= 0.6 is 12.2 Å². The van der Waals surface area contributed by atoms with Crippen LogP contribution < -0.4 is 16.2 Å². The van der Waals surface area contributed by atoms with Gasteiger partial charge in [-0.15, -0.1) is 0 Å². The van der Waals surface area contributed by atoms with Crippen molar-refractivity contribution in [2.24, 2.45) is 5.92 Å². The Balaban J connectivity index is 2.54. The summed E-state index contributed by atoms with van der Waals surface area (Å²) >= 11 is 4.96. The highest BCUT2D eigenvalue weighted by atomic mass is 32.1. The summed E-state index contributed by atoms with van der Waals surface area (Å²) in [7, 11) is 0. The number of benzene rings is 1. The van der Waals surface area contributed by atoms with Crippen LogP contribution in [0.3, 0.4) is 0 Å². The Bertz CT molecular complexity index is 580. The fraction of sp³-hybridized carbons (Fsp3) is 0.385. The quantitative estimate of drug-likeness (QED) is 0.434. The van der Waals surface area contributed by atoms with Gasteiger partial charge < -0.3 is 5.32 Å². The molecule has 0 fully saturated rings. The van der Waals surface area contributed by atoms with E-state index in [1.54, 1.807) is 0 Å². The number of nitrogens with one attached hydrogen (secondary N) is 3. The second-order valence-corrected chi connectivity index (χ2v) is 5.35. The second kappa shape index (κ2) is 8.23. The molecule has 1 aromatic carbocycles. The van der Waals surface area contributed by atoms with Crippen LogP contribution in [0, 0.1) is 21.8 Å². The maximum Gasteiger partial charge on any atom is 0.305 e. The Hall–Kier alpha value is -2.29. The lowest BCUT2D eigenvalue weighted by molar-refractivity contribution is -0.387. The van der Waals surface area contributed by atoms with Gasteiger partial charge in [-0.1, -0.05) is 13.8 Å². The number of rotatable bonds is 5. The van der Waals surface area contributed by atoms with Crippen LogP contribution in [0.4, 0.5) is 10.1 Å². The molecule has 7 nitrogen and oxygen atoms in total. The van der Waals surface area contributed by atoms with Gasteiger partial charge >= 0.3 is 5.69 Å². The van der Waals surface area contributed by atoms with E-state index in [1.807, 2.05) is 0 Å².